The zero-order chi connectivity index (χ0) is 18.7. The Kier molecular flexibility index (Phi) is 6.17. The second kappa shape index (κ2) is 8.21. The van der Waals surface area contributed by atoms with Crippen LogP contribution in [0.3, 0.4) is 0 Å². The molecule has 26 heavy (non-hydrogen) atoms. The Bertz CT molecular complexity index is 637. The Morgan fingerprint density at radius 1 is 1.31 bits per heavy atom. The first-order valence-electron chi connectivity index (χ1n) is 11.0. The van der Waals surface area contributed by atoms with Crippen molar-refractivity contribution in [1.29, 1.82) is 0 Å². The summed E-state index contributed by atoms with van der Waals surface area (Å²) < 4.78 is 0. The van der Waals surface area contributed by atoms with Crippen LogP contribution in [0.2, 0.25) is 0 Å². The van der Waals surface area contributed by atoms with Crippen molar-refractivity contribution in [2.24, 2.45) is 29.1 Å². The van der Waals surface area contributed by atoms with Crippen LogP contribution in [0.25, 0.3) is 0 Å². The summed E-state index contributed by atoms with van der Waals surface area (Å²) >= 11 is 0. The highest BCUT2D eigenvalue weighted by atomic mass is 14.5. The largest absolute Gasteiger partial charge is 0.120 e. The highest BCUT2D eigenvalue weighted by Crippen LogP contribution is 2.54. The van der Waals surface area contributed by atoms with Gasteiger partial charge in [-0.25, -0.2) is 0 Å². The number of hydrogen-bond donors (Lipinski definition) is 0. The third-order valence-electron chi connectivity index (χ3n) is 7.65. The Hall–Kier alpha value is -1.22. The average molecular weight is 351 g/mol. The van der Waals surface area contributed by atoms with E-state index in [0.29, 0.717) is 11.3 Å². The van der Waals surface area contributed by atoms with Crippen molar-refractivity contribution < 1.29 is 0 Å². The smallest absolute Gasteiger partial charge is 0.0123 e. The van der Waals surface area contributed by atoms with Crippen molar-refractivity contribution >= 4 is 0 Å². The molecule has 0 radical (unpaired) electrons. The van der Waals surface area contributed by atoms with Gasteiger partial charge in [0.1, 0.15) is 0 Å². The van der Waals surface area contributed by atoms with E-state index < -0.39 is 0 Å². The fourth-order valence-corrected chi connectivity index (χ4v) is 6.05. The van der Waals surface area contributed by atoms with Gasteiger partial charge in [0.25, 0.3) is 0 Å². The van der Waals surface area contributed by atoms with E-state index in [9.17, 15) is 0 Å². The lowest BCUT2D eigenvalue weighted by atomic mass is 9.61. The molecule has 0 spiro atoms. The van der Waals surface area contributed by atoms with Crippen LogP contribution in [0, 0.1) is 41.4 Å². The van der Waals surface area contributed by atoms with Gasteiger partial charge < -0.3 is 0 Å². The molecule has 0 aliphatic heterocycles. The number of terminal acetylenes is 1. The SMILES string of the molecule is C#CCC1C(C)CCC1C1=CC=C2CC(CC(C)=CCC)CCC2(C)C1. The molecule has 0 N–H and O–H groups in total. The number of fused-ring (bicyclic) bond motifs is 1. The van der Waals surface area contributed by atoms with E-state index in [-0.39, 0.29) is 0 Å². The van der Waals surface area contributed by atoms with Crippen LogP contribution in [0.1, 0.15) is 85.5 Å². The van der Waals surface area contributed by atoms with Crippen molar-refractivity contribution in [1.82, 2.24) is 0 Å². The van der Waals surface area contributed by atoms with Crippen LogP contribution in [-0.4, -0.2) is 0 Å². The van der Waals surface area contributed by atoms with Gasteiger partial charge in [-0.2, -0.15) is 0 Å². The maximum absolute atomic E-state index is 5.68. The van der Waals surface area contributed by atoms with Crippen LogP contribution >= 0.6 is 0 Å². The predicted molar refractivity (Wildman–Crippen MR) is 114 cm³/mol. The van der Waals surface area contributed by atoms with Gasteiger partial charge >= 0.3 is 0 Å². The minimum Gasteiger partial charge on any atom is -0.120 e. The molecule has 142 valence electrons. The second-order valence-electron chi connectivity index (χ2n) is 9.68. The highest BCUT2D eigenvalue weighted by molar-refractivity contribution is 5.34. The second-order valence-corrected chi connectivity index (χ2v) is 9.68. The van der Waals surface area contributed by atoms with Crippen molar-refractivity contribution in [3.05, 3.63) is 34.9 Å². The van der Waals surface area contributed by atoms with Crippen molar-refractivity contribution in [2.75, 3.05) is 0 Å². The summed E-state index contributed by atoms with van der Waals surface area (Å²) in [6, 6.07) is 0. The van der Waals surface area contributed by atoms with E-state index in [1.807, 2.05) is 0 Å². The Labute approximate surface area is 162 Å². The molecule has 2 saturated carbocycles. The lowest BCUT2D eigenvalue weighted by Gasteiger charge is -2.44. The molecule has 0 aromatic carbocycles. The van der Waals surface area contributed by atoms with E-state index in [1.165, 1.54) is 51.4 Å². The maximum atomic E-state index is 5.68. The molecule has 0 heteroatoms. The van der Waals surface area contributed by atoms with E-state index in [1.54, 1.807) is 16.7 Å². The molecule has 2 fully saturated rings. The third kappa shape index (κ3) is 4.03. The summed E-state index contributed by atoms with van der Waals surface area (Å²) in [6.07, 6.45) is 24.6. The Morgan fingerprint density at radius 3 is 2.85 bits per heavy atom. The van der Waals surface area contributed by atoms with Crippen LogP contribution in [0.15, 0.2) is 34.9 Å². The molecule has 0 aromatic heterocycles. The standard InChI is InChI=1S/C26H38/c1-6-8-19(3)16-21-14-15-26(5)18-22(11-12-23(26)17-21)25-13-10-20(4)24(25)9-7-2/h2,8,11-12,20-21,24-25H,6,9-10,13-18H2,1,3-5H3. The Balaban J connectivity index is 1.73. The topological polar surface area (TPSA) is 0 Å². The van der Waals surface area contributed by atoms with Crippen LogP contribution in [0.5, 0.6) is 0 Å². The maximum Gasteiger partial charge on any atom is 0.0123 e. The van der Waals surface area contributed by atoms with Gasteiger partial charge in [0, 0.05) is 6.42 Å². The number of hydrogen-bond acceptors (Lipinski definition) is 0. The molecule has 0 heterocycles. The summed E-state index contributed by atoms with van der Waals surface area (Å²) in [5.74, 6) is 6.06. The molecule has 5 unspecified atom stereocenters. The molecule has 0 aromatic rings. The number of allylic oxidation sites excluding steroid dienone is 6. The summed E-state index contributed by atoms with van der Waals surface area (Å²) in [5, 5.41) is 0. The van der Waals surface area contributed by atoms with Gasteiger partial charge in [-0.15, -0.1) is 12.3 Å². The predicted octanol–water partition coefficient (Wildman–Crippen LogP) is 7.48. The van der Waals surface area contributed by atoms with Gasteiger partial charge in [0.05, 0.1) is 0 Å². The first-order valence-corrected chi connectivity index (χ1v) is 11.0. The minimum absolute atomic E-state index is 0.412. The third-order valence-corrected chi connectivity index (χ3v) is 7.65. The van der Waals surface area contributed by atoms with Crippen LogP contribution in [-0.2, 0) is 0 Å². The molecule has 0 nitrogen and oxygen atoms in total. The first-order chi connectivity index (χ1) is 12.5. The molecular formula is C26H38. The van der Waals surface area contributed by atoms with Gasteiger partial charge in [0.15, 0.2) is 0 Å². The van der Waals surface area contributed by atoms with E-state index in [2.05, 4.69) is 51.8 Å². The minimum atomic E-state index is 0.412. The summed E-state index contributed by atoms with van der Waals surface area (Å²) in [5.41, 5.74) is 5.43. The molecule has 0 bridgehead atoms. The molecule has 5 atom stereocenters. The van der Waals surface area contributed by atoms with Crippen molar-refractivity contribution in [3.8, 4) is 12.3 Å². The number of rotatable bonds is 5. The first kappa shape index (κ1) is 19.5. The van der Waals surface area contributed by atoms with E-state index in [0.717, 1.165) is 24.2 Å². The monoisotopic (exact) mass is 350 g/mol. The van der Waals surface area contributed by atoms with Crippen LogP contribution in [0.4, 0.5) is 0 Å². The van der Waals surface area contributed by atoms with E-state index >= 15 is 0 Å². The summed E-state index contributed by atoms with van der Waals surface area (Å²) in [7, 11) is 0. The lowest BCUT2D eigenvalue weighted by molar-refractivity contribution is 0.231. The molecule has 0 saturated heterocycles. The molecule has 3 aliphatic carbocycles. The quantitative estimate of drug-likeness (QED) is 0.356. The normalized spacial score (nSPS) is 37.6. The zero-order valence-electron chi connectivity index (χ0n) is 17.5. The average Bonchev–Trinajstić information content (AvgIpc) is 2.96. The zero-order valence-corrected chi connectivity index (χ0v) is 17.5. The van der Waals surface area contributed by atoms with Gasteiger partial charge in [-0.05, 0) is 87.4 Å². The molecular weight excluding hydrogens is 312 g/mol. The Morgan fingerprint density at radius 2 is 2.12 bits per heavy atom. The lowest BCUT2D eigenvalue weighted by Crippen LogP contribution is -2.31. The summed E-state index contributed by atoms with van der Waals surface area (Å²) in [4.78, 5) is 0. The van der Waals surface area contributed by atoms with Crippen LogP contribution < -0.4 is 0 Å². The fourth-order valence-electron chi connectivity index (χ4n) is 6.05. The molecule has 3 rings (SSSR count). The fraction of sp³-hybridized carbons (Fsp3) is 0.692. The van der Waals surface area contributed by atoms with Gasteiger partial charge in [-0.1, -0.05) is 55.7 Å². The van der Waals surface area contributed by atoms with Gasteiger partial charge in [0.2, 0.25) is 0 Å². The molecule has 0 amide bonds. The molecule has 3 aliphatic rings. The highest BCUT2D eigenvalue weighted by Gasteiger charge is 2.41. The van der Waals surface area contributed by atoms with Crippen molar-refractivity contribution in [3.63, 3.8) is 0 Å². The van der Waals surface area contributed by atoms with Gasteiger partial charge in [-0.3, -0.25) is 0 Å². The van der Waals surface area contributed by atoms with E-state index in [4.69, 9.17) is 6.42 Å². The summed E-state index contributed by atoms with van der Waals surface area (Å²) in [6.45, 7) is 9.50. The van der Waals surface area contributed by atoms with Crippen molar-refractivity contribution in [2.45, 2.75) is 85.5 Å².